The Kier molecular flexibility index (Phi) is 20.7. The molecule has 4 atom stereocenters. The Morgan fingerprint density at radius 2 is 1.28 bits per heavy atom. The Morgan fingerprint density at radius 3 is 1.79 bits per heavy atom. The van der Waals surface area contributed by atoms with Crippen molar-refractivity contribution in [3.8, 4) is 0 Å². The summed E-state index contributed by atoms with van der Waals surface area (Å²) in [6.45, 7) is 0.182. The van der Waals surface area contributed by atoms with E-state index in [0.29, 0.717) is 23.2 Å². The number of anilines is 1. The van der Waals surface area contributed by atoms with Crippen molar-refractivity contribution in [2.75, 3.05) is 11.9 Å². The fourth-order valence-electron chi connectivity index (χ4n) is 6.27. The minimum atomic E-state index is -5.08. The van der Waals surface area contributed by atoms with Crippen molar-refractivity contribution in [1.29, 1.82) is 10.8 Å². The zero-order chi connectivity index (χ0) is 45.7. The fourth-order valence-corrected chi connectivity index (χ4v) is 6.27. The van der Waals surface area contributed by atoms with Crippen LogP contribution in [0.4, 0.5) is 18.9 Å². The summed E-state index contributed by atoms with van der Waals surface area (Å²) in [6.07, 6.45) is -0.594. The number of nitrogens with two attached hydrogens (primary N) is 3. The maximum absolute atomic E-state index is 13.9. The molecule has 0 aliphatic heterocycles. The third-order valence-electron chi connectivity index (χ3n) is 9.47. The standard InChI is InChI=1S/C37H52N10O7.C2HF3O2/c38-31(39)24-15-13-23(14-16-24)20-26(33(51)44-25-10-5-2-6-11-25)34(52)45-28(17-18-30(48)49)36(54)46-27(12-7-19-43-37(41)42)35(53)47-29(32(40)50)21-22-8-3-1-4-9-22;3-2(4,5)1(6)7/h2,5-6,10-11,13-16,22,26-29H,1,3-4,7-9,12,17-21H2,(H3,38,39)(H2,40,50)(H,44,51)(H,45,52)(H,46,54)(H,47,53)(H,48,49)(H4,41,42,43);(H,6,7)/t26?,27-,28-,29-;/m0./s1. The van der Waals surface area contributed by atoms with Gasteiger partial charge in [-0.05, 0) is 55.7 Å². The van der Waals surface area contributed by atoms with Crippen LogP contribution in [0.1, 0.15) is 75.3 Å². The van der Waals surface area contributed by atoms with Gasteiger partial charge in [0, 0.05) is 24.2 Å². The highest BCUT2D eigenvalue weighted by atomic mass is 19.4. The molecule has 2 aromatic carbocycles. The van der Waals surface area contributed by atoms with Crippen LogP contribution in [0.5, 0.6) is 0 Å². The molecule has 1 saturated carbocycles. The number of rotatable bonds is 21. The summed E-state index contributed by atoms with van der Waals surface area (Å²) < 4.78 is 31.7. The topological polar surface area (TPSA) is 346 Å². The molecule has 0 aromatic heterocycles. The SMILES string of the molecule is N=C(N)NCCC[C@H](NC(=O)[C@H](CCC(=O)O)NC(=O)C(Cc1ccc(C(=N)N)cc1)C(=O)Nc1ccccc1)C(=O)N[C@@H](CC1CCCCC1)C(N)=O.O=C(O)C(F)(F)F. The highest BCUT2D eigenvalue weighted by Gasteiger charge is 2.38. The van der Waals surface area contributed by atoms with E-state index in [9.17, 15) is 47.0 Å². The van der Waals surface area contributed by atoms with Crippen LogP contribution in [-0.4, -0.2) is 94.3 Å². The Morgan fingerprint density at radius 1 is 0.738 bits per heavy atom. The van der Waals surface area contributed by atoms with Gasteiger partial charge >= 0.3 is 18.1 Å². The molecule has 61 heavy (non-hydrogen) atoms. The zero-order valence-corrected chi connectivity index (χ0v) is 33.2. The average molecular weight is 863 g/mol. The smallest absolute Gasteiger partial charge is 0.481 e. The third kappa shape index (κ3) is 19.3. The van der Waals surface area contributed by atoms with Crippen molar-refractivity contribution in [3.05, 3.63) is 65.7 Å². The van der Waals surface area contributed by atoms with Crippen LogP contribution in [-0.2, 0) is 40.0 Å². The lowest BCUT2D eigenvalue weighted by atomic mass is 9.84. The number of hydrogen-bond acceptors (Lipinski definition) is 9. The van der Waals surface area contributed by atoms with Gasteiger partial charge in [0.05, 0.1) is 0 Å². The highest BCUT2D eigenvalue weighted by molar-refractivity contribution is 6.07. The molecule has 334 valence electrons. The van der Waals surface area contributed by atoms with E-state index in [-0.39, 0.29) is 49.9 Å². The second kappa shape index (κ2) is 25.0. The predicted octanol–water partition coefficient (Wildman–Crippen LogP) is 1.44. The first kappa shape index (κ1) is 50.4. The molecule has 0 saturated heterocycles. The van der Waals surface area contributed by atoms with E-state index in [2.05, 4.69) is 26.6 Å². The first-order valence-corrected chi connectivity index (χ1v) is 19.3. The van der Waals surface area contributed by atoms with Crippen LogP contribution >= 0.6 is 0 Å². The number of halogens is 3. The van der Waals surface area contributed by atoms with Crippen LogP contribution in [0.15, 0.2) is 54.6 Å². The van der Waals surface area contributed by atoms with E-state index < -0.39 is 78.1 Å². The maximum atomic E-state index is 13.9. The number of hydrogen-bond donors (Lipinski definition) is 12. The van der Waals surface area contributed by atoms with Crippen LogP contribution in [0.2, 0.25) is 0 Å². The summed E-state index contributed by atoms with van der Waals surface area (Å²) in [6, 6.07) is 11.0. The van der Waals surface area contributed by atoms with Crippen molar-refractivity contribution in [2.45, 2.75) is 94.9 Å². The van der Waals surface area contributed by atoms with Gasteiger partial charge < -0.3 is 54.0 Å². The number of guanidine groups is 1. The summed E-state index contributed by atoms with van der Waals surface area (Å²) in [5, 5.41) is 44.8. The number of carboxylic acid groups (broad SMARTS) is 2. The molecule has 1 unspecified atom stereocenters. The Hall–Kier alpha value is -6.74. The van der Waals surface area contributed by atoms with Gasteiger partial charge in [0.1, 0.15) is 29.9 Å². The molecule has 0 spiro atoms. The first-order valence-electron chi connectivity index (χ1n) is 19.3. The van der Waals surface area contributed by atoms with Crippen molar-refractivity contribution < 1.29 is 56.9 Å². The number of para-hydroxylation sites is 1. The molecular weight excluding hydrogens is 809 g/mol. The first-order chi connectivity index (χ1) is 28.7. The summed E-state index contributed by atoms with van der Waals surface area (Å²) >= 11 is 0. The molecule has 3 rings (SSSR count). The van der Waals surface area contributed by atoms with Gasteiger partial charge in [0.2, 0.25) is 29.5 Å². The molecule has 1 aliphatic carbocycles. The number of primary amides is 1. The molecule has 5 amide bonds. The minimum Gasteiger partial charge on any atom is -0.481 e. The largest absolute Gasteiger partial charge is 0.490 e. The lowest BCUT2D eigenvalue weighted by Gasteiger charge is -2.28. The third-order valence-corrected chi connectivity index (χ3v) is 9.47. The van der Waals surface area contributed by atoms with E-state index in [0.717, 1.165) is 32.1 Å². The second-order valence-corrected chi connectivity index (χ2v) is 14.3. The Labute approximate surface area is 349 Å². The Balaban J connectivity index is 0.00000168. The molecule has 0 bridgehead atoms. The van der Waals surface area contributed by atoms with E-state index in [1.807, 2.05) is 0 Å². The Bertz CT molecular complexity index is 1840. The fraction of sp³-hybridized carbons (Fsp3) is 0.462. The summed E-state index contributed by atoms with van der Waals surface area (Å²) in [7, 11) is 0. The number of carboxylic acids is 2. The van der Waals surface area contributed by atoms with Crippen LogP contribution in [0.25, 0.3) is 0 Å². The molecular formula is C39H53F3N10O9. The molecule has 2 aromatic rings. The number of carbonyl (C=O) groups excluding carboxylic acids is 5. The minimum absolute atomic E-state index is 0.0186. The van der Waals surface area contributed by atoms with Gasteiger partial charge in [0.25, 0.3) is 0 Å². The number of alkyl halides is 3. The number of benzene rings is 2. The van der Waals surface area contributed by atoms with Gasteiger partial charge in [-0.3, -0.25) is 39.6 Å². The summed E-state index contributed by atoms with van der Waals surface area (Å²) in [4.78, 5) is 87.8. The van der Waals surface area contributed by atoms with Crippen molar-refractivity contribution in [3.63, 3.8) is 0 Å². The van der Waals surface area contributed by atoms with Crippen LogP contribution in [0, 0.1) is 22.7 Å². The van der Waals surface area contributed by atoms with Crippen molar-refractivity contribution in [1.82, 2.24) is 21.3 Å². The monoisotopic (exact) mass is 862 g/mol. The maximum Gasteiger partial charge on any atom is 0.490 e. The lowest BCUT2D eigenvalue weighted by Crippen LogP contribution is -2.57. The average Bonchev–Trinajstić information content (AvgIpc) is 3.19. The number of amidine groups is 1. The van der Waals surface area contributed by atoms with Crippen molar-refractivity contribution in [2.24, 2.45) is 29.0 Å². The molecule has 1 fully saturated rings. The molecule has 0 heterocycles. The van der Waals surface area contributed by atoms with E-state index in [1.165, 1.54) is 0 Å². The summed E-state index contributed by atoms with van der Waals surface area (Å²) in [5.41, 5.74) is 18.0. The normalized spacial score (nSPS) is 14.5. The summed E-state index contributed by atoms with van der Waals surface area (Å²) in [5.74, 6) is -9.56. The molecule has 15 N–H and O–H groups in total. The lowest BCUT2D eigenvalue weighted by molar-refractivity contribution is -0.192. The zero-order valence-electron chi connectivity index (χ0n) is 33.2. The van der Waals surface area contributed by atoms with Gasteiger partial charge in [-0.25, -0.2) is 4.79 Å². The number of aliphatic carboxylic acids is 2. The van der Waals surface area contributed by atoms with Gasteiger partial charge in [0.15, 0.2) is 5.96 Å². The molecule has 1 aliphatic rings. The van der Waals surface area contributed by atoms with E-state index in [1.54, 1.807) is 54.6 Å². The second-order valence-electron chi connectivity index (χ2n) is 14.3. The van der Waals surface area contributed by atoms with Gasteiger partial charge in [-0.1, -0.05) is 74.6 Å². The van der Waals surface area contributed by atoms with E-state index >= 15 is 0 Å². The van der Waals surface area contributed by atoms with Crippen LogP contribution in [0.3, 0.4) is 0 Å². The molecule has 0 radical (unpaired) electrons. The number of carbonyl (C=O) groups is 7. The quantitative estimate of drug-likeness (QED) is 0.0367. The van der Waals surface area contributed by atoms with Crippen LogP contribution < -0.4 is 43.8 Å². The predicted molar refractivity (Wildman–Crippen MR) is 216 cm³/mol. The number of nitrogen functional groups attached to an aromatic ring is 1. The number of amides is 5. The molecule has 22 heteroatoms. The van der Waals surface area contributed by atoms with Gasteiger partial charge in [-0.15, -0.1) is 0 Å². The van der Waals surface area contributed by atoms with Gasteiger partial charge in [-0.2, -0.15) is 13.2 Å². The van der Waals surface area contributed by atoms with E-state index in [4.69, 9.17) is 37.9 Å². The van der Waals surface area contributed by atoms with Crippen molar-refractivity contribution >= 4 is 59.0 Å². The number of nitrogens with one attached hydrogen (secondary N) is 7. The molecule has 19 nitrogen and oxygen atoms in total. The highest BCUT2D eigenvalue weighted by Crippen LogP contribution is 2.27.